The molecule has 0 amide bonds. The largest absolute Gasteiger partial charge is 0.490 e. The van der Waals surface area contributed by atoms with Crippen LogP contribution in [-0.2, 0) is 0 Å². The summed E-state index contributed by atoms with van der Waals surface area (Å²) in [4.78, 5) is 0.544. The Kier molecular flexibility index (Phi) is 3.78. The molecule has 3 rings (SSSR count). The molecule has 1 aromatic rings. The summed E-state index contributed by atoms with van der Waals surface area (Å²) in [6.07, 6.45) is 7.51. The lowest BCUT2D eigenvalue weighted by Crippen LogP contribution is -2.57. The lowest BCUT2D eigenvalue weighted by atomic mass is 9.58. The van der Waals surface area contributed by atoms with Gasteiger partial charge < -0.3 is 4.74 Å². The lowest BCUT2D eigenvalue weighted by Gasteiger charge is -2.55. The lowest BCUT2D eigenvalue weighted by molar-refractivity contribution is -0.0602. The number of rotatable bonds is 2. The summed E-state index contributed by atoms with van der Waals surface area (Å²) in [5.74, 6) is 0.183. The van der Waals surface area contributed by atoms with E-state index in [1.54, 1.807) is 12.1 Å². The van der Waals surface area contributed by atoms with Gasteiger partial charge in [0.1, 0.15) is 17.7 Å². The van der Waals surface area contributed by atoms with Crippen molar-refractivity contribution < 1.29 is 9.13 Å². The molecule has 19 heavy (non-hydrogen) atoms. The summed E-state index contributed by atoms with van der Waals surface area (Å²) in [6.45, 7) is 0. The molecular weight excluding hydrogens is 331 g/mol. The first kappa shape index (κ1) is 13.7. The number of alkyl halides is 1. The van der Waals surface area contributed by atoms with Crippen molar-refractivity contribution in [3.8, 4) is 5.75 Å². The van der Waals surface area contributed by atoms with Crippen LogP contribution in [0.15, 0.2) is 18.2 Å². The molecule has 0 saturated heterocycles. The zero-order valence-corrected chi connectivity index (χ0v) is 13.0. The molecule has 2 saturated carbocycles. The molecule has 2 unspecified atom stereocenters. The van der Waals surface area contributed by atoms with Gasteiger partial charge in [-0.3, -0.25) is 0 Å². The van der Waals surface area contributed by atoms with E-state index in [4.69, 9.17) is 16.3 Å². The van der Waals surface area contributed by atoms with Gasteiger partial charge in [-0.05, 0) is 31.4 Å². The highest BCUT2D eigenvalue weighted by atomic mass is 79.9. The first-order valence-electron chi connectivity index (χ1n) is 6.87. The number of hydrogen-bond acceptors (Lipinski definition) is 1. The summed E-state index contributed by atoms with van der Waals surface area (Å²) in [5.41, 5.74) is 0.258. The zero-order valence-electron chi connectivity index (χ0n) is 10.7. The maximum atomic E-state index is 13.4. The minimum Gasteiger partial charge on any atom is -0.490 e. The number of hydrogen-bond donors (Lipinski definition) is 0. The summed E-state index contributed by atoms with van der Waals surface area (Å²) in [7, 11) is 0. The van der Waals surface area contributed by atoms with Crippen molar-refractivity contribution in [3.05, 3.63) is 29.0 Å². The predicted molar refractivity (Wildman–Crippen MR) is 78.7 cm³/mol. The van der Waals surface area contributed by atoms with Crippen molar-refractivity contribution in [1.82, 2.24) is 0 Å². The number of halogens is 3. The van der Waals surface area contributed by atoms with E-state index in [0.29, 0.717) is 10.6 Å². The molecule has 0 aromatic heterocycles. The molecule has 2 aliphatic rings. The first-order valence-corrected chi connectivity index (χ1v) is 8.17. The van der Waals surface area contributed by atoms with Gasteiger partial charge in [-0.15, -0.1) is 0 Å². The van der Waals surface area contributed by atoms with Gasteiger partial charge in [-0.2, -0.15) is 0 Å². The number of benzene rings is 1. The molecule has 0 N–H and O–H groups in total. The van der Waals surface area contributed by atoms with E-state index in [1.807, 2.05) is 0 Å². The van der Waals surface area contributed by atoms with Crippen molar-refractivity contribution in [3.63, 3.8) is 0 Å². The molecule has 1 spiro atoms. The number of ether oxygens (including phenoxy) is 1. The van der Waals surface area contributed by atoms with Gasteiger partial charge >= 0.3 is 0 Å². The van der Waals surface area contributed by atoms with E-state index in [-0.39, 0.29) is 16.5 Å². The molecule has 1 aromatic carbocycles. The topological polar surface area (TPSA) is 9.23 Å². The Morgan fingerprint density at radius 3 is 2.63 bits per heavy atom. The van der Waals surface area contributed by atoms with Crippen LogP contribution in [0.4, 0.5) is 4.39 Å². The minimum atomic E-state index is -0.411. The maximum absolute atomic E-state index is 13.4. The third-order valence-corrected chi connectivity index (χ3v) is 6.23. The van der Waals surface area contributed by atoms with Crippen LogP contribution in [0.1, 0.15) is 38.5 Å². The van der Waals surface area contributed by atoms with Gasteiger partial charge in [-0.25, -0.2) is 4.39 Å². The Balaban J connectivity index is 1.74. The Morgan fingerprint density at radius 2 is 2.00 bits per heavy atom. The van der Waals surface area contributed by atoms with Crippen LogP contribution in [0.5, 0.6) is 5.75 Å². The second kappa shape index (κ2) is 5.25. The summed E-state index contributed by atoms with van der Waals surface area (Å²) < 4.78 is 19.5. The van der Waals surface area contributed by atoms with E-state index in [1.165, 1.54) is 38.2 Å². The van der Waals surface area contributed by atoms with Gasteiger partial charge in [0.2, 0.25) is 0 Å². The molecule has 104 valence electrons. The predicted octanol–water partition coefficient (Wildman–Crippen LogP) is 5.34. The average Bonchev–Trinajstić information content (AvgIpc) is 2.43. The summed E-state index contributed by atoms with van der Waals surface area (Å²) in [6, 6.07) is 4.70. The van der Waals surface area contributed by atoms with Gasteiger partial charge in [0.05, 0.1) is 5.02 Å². The normalized spacial score (nSPS) is 29.0. The van der Waals surface area contributed by atoms with Gasteiger partial charge in [-0.1, -0.05) is 46.8 Å². The molecule has 0 bridgehead atoms. The third kappa shape index (κ3) is 2.40. The smallest absolute Gasteiger partial charge is 0.145 e. The van der Waals surface area contributed by atoms with Gasteiger partial charge in [0, 0.05) is 16.3 Å². The highest BCUT2D eigenvalue weighted by molar-refractivity contribution is 9.09. The second-order valence-electron chi connectivity index (χ2n) is 5.68. The summed E-state index contributed by atoms with van der Waals surface area (Å²) >= 11 is 9.48. The van der Waals surface area contributed by atoms with Crippen molar-refractivity contribution in [2.45, 2.75) is 49.5 Å². The van der Waals surface area contributed by atoms with E-state index >= 15 is 0 Å². The van der Waals surface area contributed by atoms with Gasteiger partial charge in [0.25, 0.3) is 0 Å². The van der Waals surface area contributed by atoms with E-state index in [0.717, 1.165) is 6.42 Å². The van der Waals surface area contributed by atoms with Gasteiger partial charge in [0.15, 0.2) is 0 Å². The fraction of sp³-hybridized carbons (Fsp3) is 0.600. The van der Waals surface area contributed by atoms with Crippen molar-refractivity contribution in [1.29, 1.82) is 0 Å². The molecule has 0 heterocycles. The average molecular weight is 348 g/mol. The molecule has 2 aliphatic carbocycles. The highest BCUT2D eigenvalue weighted by Crippen LogP contribution is 2.56. The van der Waals surface area contributed by atoms with E-state index in [9.17, 15) is 4.39 Å². The maximum Gasteiger partial charge on any atom is 0.145 e. The standard InChI is InChI=1S/C15H17BrClFO/c16-13-9-14(15(13)6-2-1-3-7-15)19-10-4-5-11(17)12(18)8-10/h4-5,8,13-14H,1-3,6-7,9H2. The zero-order chi connectivity index (χ0) is 13.5. The fourth-order valence-corrected chi connectivity index (χ4v) is 4.63. The Morgan fingerprint density at radius 1 is 1.26 bits per heavy atom. The van der Waals surface area contributed by atoms with Crippen LogP contribution in [0.25, 0.3) is 0 Å². The SMILES string of the molecule is Fc1cc(OC2CC(Br)C23CCCCC3)ccc1Cl. The van der Waals surface area contributed by atoms with Crippen LogP contribution >= 0.6 is 27.5 Å². The van der Waals surface area contributed by atoms with E-state index in [2.05, 4.69) is 15.9 Å². The van der Waals surface area contributed by atoms with Crippen molar-refractivity contribution in [2.24, 2.45) is 5.41 Å². The minimum absolute atomic E-state index is 0.145. The molecule has 2 fully saturated rings. The molecule has 4 heteroatoms. The quantitative estimate of drug-likeness (QED) is 0.656. The molecule has 0 aliphatic heterocycles. The Labute approximate surface area is 126 Å². The second-order valence-corrected chi connectivity index (χ2v) is 7.19. The molecule has 0 radical (unpaired) electrons. The Hall–Kier alpha value is -0.280. The molecule has 2 atom stereocenters. The van der Waals surface area contributed by atoms with Crippen LogP contribution in [0.3, 0.4) is 0 Å². The third-order valence-electron chi connectivity index (χ3n) is 4.64. The van der Waals surface area contributed by atoms with Crippen LogP contribution in [0.2, 0.25) is 5.02 Å². The van der Waals surface area contributed by atoms with Crippen LogP contribution in [0, 0.1) is 11.2 Å². The van der Waals surface area contributed by atoms with E-state index < -0.39 is 5.82 Å². The van der Waals surface area contributed by atoms with Crippen LogP contribution < -0.4 is 4.74 Å². The highest BCUT2D eigenvalue weighted by Gasteiger charge is 2.55. The molecular formula is C15H17BrClFO. The Bertz CT molecular complexity index is 473. The molecule has 1 nitrogen and oxygen atoms in total. The van der Waals surface area contributed by atoms with Crippen molar-refractivity contribution in [2.75, 3.05) is 0 Å². The van der Waals surface area contributed by atoms with Crippen molar-refractivity contribution >= 4 is 27.5 Å². The first-order chi connectivity index (χ1) is 9.12. The fourth-order valence-electron chi connectivity index (χ4n) is 3.42. The summed E-state index contributed by atoms with van der Waals surface area (Å²) in [5, 5.41) is 0.145. The van der Waals surface area contributed by atoms with Crippen LogP contribution in [-0.4, -0.2) is 10.9 Å². The monoisotopic (exact) mass is 346 g/mol.